The zero-order chi connectivity index (χ0) is 16.0. The summed E-state index contributed by atoms with van der Waals surface area (Å²) in [7, 11) is 3.95. The lowest BCUT2D eigenvalue weighted by Crippen LogP contribution is -2.43. The summed E-state index contributed by atoms with van der Waals surface area (Å²) in [5.41, 5.74) is 2.03. The second-order valence-corrected chi connectivity index (χ2v) is 5.63. The van der Waals surface area contributed by atoms with Crippen molar-refractivity contribution < 1.29 is 9.90 Å². The normalized spacial score (nSPS) is 11.1. The van der Waals surface area contributed by atoms with Gasteiger partial charge in [0.2, 0.25) is 0 Å². The van der Waals surface area contributed by atoms with Gasteiger partial charge in [-0.25, -0.2) is 4.79 Å². The number of aliphatic hydroxyl groups is 1. The first kappa shape index (κ1) is 17.3. The lowest BCUT2D eigenvalue weighted by molar-refractivity contribution is 0.0354. The van der Waals surface area contributed by atoms with Gasteiger partial charge < -0.3 is 20.6 Å². The molecule has 0 heterocycles. The van der Waals surface area contributed by atoms with Crippen LogP contribution >= 0.6 is 0 Å². The first-order valence-corrected chi connectivity index (χ1v) is 7.36. The highest BCUT2D eigenvalue weighted by atomic mass is 16.3. The molecule has 0 aliphatic heterocycles. The minimum absolute atomic E-state index is 0.251. The molecule has 0 unspecified atom stereocenters. The maximum atomic E-state index is 11.9. The number of amides is 2. The van der Waals surface area contributed by atoms with Crippen molar-refractivity contribution in [1.82, 2.24) is 5.32 Å². The minimum Gasteiger partial charge on any atom is -0.388 e. The van der Waals surface area contributed by atoms with E-state index < -0.39 is 5.60 Å². The fourth-order valence-corrected chi connectivity index (χ4v) is 1.98. The van der Waals surface area contributed by atoms with Crippen molar-refractivity contribution in [3.63, 3.8) is 0 Å². The third kappa shape index (κ3) is 4.93. The summed E-state index contributed by atoms with van der Waals surface area (Å²) in [6.07, 6.45) is 1.22. The average molecular weight is 293 g/mol. The lowest BCUT2D eigenvalue weighted by atomic mass is 9.98. The van der Waals surface area contributed by atoms with Crippen molar-refractivity contribution in [2.75, 3.05) is 30.9 Å². The fraction of sp³-hybridized carbons (Fsp3) is 0.562. The molecule has 0 aromatic heterocycles. The number of carbonyl (C=O) groups is 1. The molecule has 0 fully saturated rings. The molecule has 3 N–H and O–H groups in total. The molecule has 0 aliphatic rings. The summed E-state index contributed by atoms with van der Waals surface area (Å²) < 4.78 is 0. The quantitative estimate of drug-likeness (QED) is 0.755. The molecule has 2 amide bonds. The van der Waals surface area contributed by atoms with Gasteiger partial charge in [-0.3, -0.25) is 0 Å². The Labute approximate surface area is 127 Å². The van der Waals surface area contributed by atoms with Gasteiger partial charge in [0.25, 0.3) is 0 Å². The van der Waals surface area contributed by atoms with E-state index in [1.165, 1.54) is 0 Å². The van der Waals surface area contributed by atoms with Crippen LogP contribution in [0.2, 0.25) is 0 Å². The van der Waals surface area contributed by atoms with Crippen LogP contribution in [0.5, 0.6) is 0 Å². The van der Waals surface area contributed by atoms with Gasteiger partial charge in [-0.1, -0.05) is 13.8 Å². The Morgan fingerprint density at radius 2 is 1.90 bits per heavy atom. The molecule has 5 heteroatoms. The number of aryl methyl sites for hydroxylation is 1. The molecule has 1 aromatic carbocycles. The van der Waals surface area contributed by atoms with Gasteiger partial charge in [-0.05, 0) is 43.5 Å². The van der Waals surface area contributed by atoms with Crippen molar-refractivity contribution in [2.24, 2.45) is 0 Å². The van der Waals surface area contributed by atoms with Gasteiger partial charge >= 0.3 is 6.03 Å². The monoisotopic (exact) mass is 293 g/mol. The van der Waals surface area contributed by atoms with Crippen LogP contribution in [0.25, 0.3) is 0 Å². The molecule has 5 nitrogen and oxygen atoms in total. The molecule has 0 aliphatic carbocycles. The first-order valence-electron chi connectivity index (χ1n) is 7.36. The number of nitrogens with zero attached hydrogens (tertiary/aromatic N) is 1. The van der Waals surface area contributed by atoms with E-state index in [0.29, 0.717) is 12.8 Å². The molecule has 0 atom stereocenters. The fourth-order valence-electron chi connectivity index (χ4n) is 1.98. The van der Waals surface area contributed by atoms with E-state index in [0.717, 1.165) is 16.9 Å². The second-order valence-electron chi connectivity index (χ2n) is 5.63. The van der Waals surface area contributed by atoms with Crippen LogP contribution < -0.4 is 15.5 Å². The third-order valence-electron chi connectivity index (χ3n) is 3.87. The Hall–Kier alpha value is -1.75. The Kier molecular flexibility index (Phi) is 6.03. The number of nitrogens with one attached hydrogen (secondary N) is 2. The van der Waals surface area contributed by atoms with Crippen molar-refractivity contribution >= 4 is 17.4 Å². The molecular weight excluding hydrogens is 266 g/mol. The molecule has 0 spiro atoms. The lowest BCUT2D eigenvalue weighted by Gasteiger charge is -2.25. The summed E-state index contributed by atoms with van der Waals surface area (Å²) in [6, 6.07) is 5.56. The molecule has 0 radical (unpaired) electrons. The Morgan fingerprint density at radius 3 is 2.38 bits per heavy atom. The molecule has 0 saturated carbocycles. The van der Waals surface area contributed by atoms with E-state index in [-0.39, 0.29) is 12.6 Å². The van der Waals surface area contributed by atoms with Gasteiger partial charge in [-0.2, -0.15) is 0 Å². The van der Waals surface area contributed by atoms with Gasteiger partial charge in [-0.15, -0.1) is 0 Å². The van der Waals surface area contributed by atoms with Crippen LogP contribution in [0.4, 0.5) is 16.2 Å². The van der Waals surface area contributed by atoms with Gasteiger partial charge in [0, 0.05) is 32.0 Å². The number of carbonyl (C=O) groups excluding carboxylic acids is 1. The van der Waals surface area contributed by atoms with Gasteiger partial charge in [0.15, 0.2) is 0 Å². The predicted octanol–water partition coefficient (Wildman–Crippen LogP) is 2.73. The molecule has 21 heavy (non-hydrogen) atoms. The van der Waals surface area contributed by atoms with Crippen LogP contribution in [0.3, 0.4) is 0 Å². The molecule has 1 aromatic rings. The van der Waals surface area contributed by atoms with Gasteiger partial charge in [0.1, 0.15) is 0 Å². The zero-order valence-electron chi connectivity index (χ0n) is 13.7. The molecule has 118 valence electrons. The molecule has 1 rings (SSSR count). The molecule has 0 saturated heterocycles. The average Bonchev–Trinajstić information content (AvgIpc) is 2.46. The maximum absolute atomic E-state index is 11.9. The topological polar surface area (TPSA) is 64.6 Å². The largest absolute Gasteiger partial charge is 0.388 e. The predicted molar refractivity (Wildman–Crippen MR) is 88.1 cm³/mol. The standard InChI is InChI=1S/C16H27N3O2/c1-6-16(21,7-2)11-17-15(20)18-14-9-8-13(19(4)5)10-12(14)3/h8-10,21H,6-7,11H2,1-5H3,(H2,17,18,20). The van der Waals surface area contributed by atoms with Crippen molar-refractivity contribution in [3.8, 4) is 0 Å². The Morgan fingerprint density at radius 1 is 1.29 bits per heavy atom. The number of benzene rings is 1. The summed E-state index contributed by atoms with van der Waals surface area (Å²) in [6.45, 7) is 6.03. The summed E-state index contributed by atoms with van der Waals surface area (Å²) >= 11 is 0. The van der Waals surface area contributed by atoms with E-state index in [4.69, 9.17) is 0 Å². The highest BCUT2D eigenvalue weighted by Crippen LogP contribution is 2.21. The van der Waals surface area contributed by atoms with Crippen molar-refractivity contribution in [3.05, 3.63) is 23.8 Å². The second kappa shape index (κ2) is 7.31. The van der Waals surface area contributed by atoms with Crippen LogP contribution in [0.1, 0.15) is 32.3 Å². The minimum atomic E-state index is -0.832. The van der Waals surface area contributed by atoms with Crippen LogP contribution in [-0.4, -0.2) is 37.4 Å². The highest BCUT2D eigenvalue weighted by molar-refractivity contribution is 5.90. The summed E-state index contributed by atoms with van der Waals surface area (Å²) in [5, 5.41) is 15.7. The van der Waals surface area contributed by atoms with E-state index in [2.05, 4.69) is 10.6 Å². The zero-order valence-corrected chi connectivity index (χ0v) is 13.7. The van der Waals surface area contributed by atoms with Crippen LogP contribution in [0, 0.1) is 6.92 Å². The van der Waals surface area contributed by atoms with Gasteiger partial charge in [0.05, 0.1) is 5.60 Å². The van der Waals surface area contributed by atoms with E-state index in [1.54, 1.807) is 0 Å². The Bertz CT molecular complexity index is 482. The van der Waals surface area contributed by atoms with Crippen LogP contribution in [-0.2, 0) is 0 Å². The van der Waals surface area contributed by atoms with E-state index in [9.17, 15) is 9.90 Å². The smallest absolute Gasteiger partial charge is 0.319 e. The number of urea groups is 1. The maximum Gasteiger partial charge on any atom is 0.319 e. The van der Waals surface area contributed by atoms with Crippen molar-refractivity contribution in [1.29, 1.82) is 0 Å². The highest BCUT2D eigenvalue weighted by Gasteiger charge is 2.22. The number of hydrogen-bond donors (Lipinski definition) is 3. The summed E-state index contributed by atoms with van der Waals surface area (Å²) in [5.74, 6) is 0. The molecular formula is C16H27N3O2. The summed E-state index contributed by atoms with van der Waals surface area (Å²) in [4.78, 5) is 13.9. The third-order valence-corrected chi connectivity index (χ3v) is 3.87. The SMILES string of the molecule is CCC(O)(CC)CNC(=O)Nc1ccc(N(C)C)cc1C. The number of anilines is 2. The number of hydrogen-bond acceptors (Lipinski definition) is 3. The van der Waals surface area contributed by atoms with E-state index >= 15 is 0 Å². The first-order chi connectivity index (χ1) is 9.81. The Balaban J connectivity index is 2.63. The van der Waals surface area contributed by atoms with Crippen LogP contribution in [0.15, 0.2) is 18.2 Å². The molecule has 0 bridgehead atoms. The number of rotatable bonds is 6. The van der Waals surface area contributed by atoms with Crippen molar-refractivity contribution in [2.45, 2.75) is 39.2 Å². The van der Waals surface area contributed by atoms with E-state index in [1.807, 2.05) is 58.0 Å².